The van der Waals surface area contributed by atoms with Gasteiger partial charge in [-0.2, -0.15) is 11.5 Å². The van der Waals surface area contributed by atoms with Crippen LogP contribution in [0.2, 0.25) is 11.6 Å². The van der Waals surface area contributed by atoms with Crippen molar-refractivity contribution in [2.45, 2.75) is 63.0 Å². The Kier molecular flexibility index (Phi) is 2.36. The molecule has 6 atom stereocenters. The highest BCUT2D eigenvalue weighted by atomic mass is 35.5. The van der Waals surface area contributed by atoms with E-state index in [1.807, 2.05) is 0 Å². The first-order chi connectivity index (χ1) is 7.81. The van der Waals surface area contributed by atoms with Gasteiger partial charge in [-0.15, -0.1) is 0 Å². The molecule has 4 bridgehead atoms. The molecule has 0 radical (unpaired) electrons. The first-order valence-corrected chi connectivity index (χ1v) is 7.89. The molecule has 0 amide bonds. The van der Waals surface area contributed by atoms with Gasteiger partial charge in [0.1, 0.15) is 0 Å². The second-order valence-corrected chi connectivity index (χ2v) is 7.63. The Labute approximate surface area is 105 Å². The van der Waals surface area contributed by atoms with Crippen molar-refractivity contribution in [1.82, 2.24) is 0 Å². The lowest BCUT2D eigenvalue weighted by Gasteiger charge is -2.32. The predicted molar refractivity (Wildman–Crippen MR) is 70.0 cm³/mol. The summed E-state index contributed by atoms with van der Waals surface area (Å²) in [6.07, 6.45) is 12.6. The van der Waals surface area contributed by atoms with E-state index in [4.69, 9.17) is 11.5 Å². The lowest BCUT2D eigenvalue weighted by Crippen LogP contribution is -2.28. The van der Waals surface area contributed by atoms with Crippen molar-refractivity contribution in [3.8, 4) is 0 Å². The summed E-state index contributed by atoms with van der Waals surface area (Å²) < 4.78 is 0. The third-order valence-corrected chi connectivity index (χ3v) is 7.05. The molecule has 0 aromatic carbocycles. The maximum Gasteiger partial charge on any atom is 0.257 e. The number of halogens is 1. The third kappa shape index (κ3) is 1.43. The van der Waals surface area contributed by atoms with Crippen molar-refractivity contribution in [3.63, 3.8) is 0 Å². The maximum absolute atomic E-state index is 6.88. The van der Waals surface area contributed by atoms with Crippen LogP contribution in [0.5, 0.6) is 0 Å². The third-order valence-electron chi connectivity index (χ3n) is 6.40. The molecule has 0 aromatic rings. The summed E-state index contributed by atoms with van der Waals surface area (Å²) >= 11 is 6.88. The van der Waals surface area contributed by atoms with Crippen LogP contribution in [0.1, 0.15) is 51.4 Å². The van der Waals surface area contributed by atoms with Gasteiger partial charge in [-0.25, -0.2) is 0 Å². The highest BCUT2D eigenvalue weighted by Gasteiger charge is 2.51. The molecule has 4 fully saturated rings. The van der Waals surface area contributed by atoms with E-state index in [0.717, 1.165) is 35.3 Å². The highest BCUT2D eigenvalue weighted by molar-refractivity contribution is 7.08. The summed E-state index contributed by atoms with van der Waals surface area (Å²) in [7, 11) is 0. The van der Waals surface area contributed by atoms with Crippen LogP contribution in [0.25, 0.3) is 0 Å². The van der Waals surface area contributed by atoms with Gasteiger partial charge in [-0.3, -0.25) is 0 Å². The van der Waals surface area contributed by atoms with Crippen LogP contribution in [0.4, 0.5) is 0 Å². The molecule has 0 N–H and O–H groups in total. The first kappa shape index (κ1) is 10.3. The van der Waals surface area contributed by atoms with Gasteiger partial charge in [0.2, 0.25) is 0 Å². The molecule has 0 heterocycles. The van der Waals surface area contributed by atoms with Crippen molar-refractivity contribution in [3.05, 3.63) is 0 Å². The van der Waals surface area contributed by atoms with Crippen molar-refractivity contribution in [2.75, 3.05) is 0 Å². The van der Waals surface area contributed by atoms with Crippen LogP contribution in [-0.2, 0) is 0 Å². The predicted octanol–water partition coefficient (Wildman–Crippen LogP) is 4.60. The molecule has 16 heavy (non-hydrogen) atoms. The van der Waals surface area contributed by atoms with Crippen LogP contribution in [-0.4, -0.2) is 6.13 Å². The monoisotopic (exact) mass is 236 g/mol. The van der Waals surface area contributed by atoms with E-state index in [9.17, 15) is 0 Å². The highest BCUT2D eigenvalue weighted by Crippen LogP contribution is 2.60. The molecule has 4 aliphatic rings. The van der Waals surface area contributed by atoms with Crippen LogP contribution in [0, 0.1) is 23.7 Å². The average molecular weight is 237 g/mol. The van der Waals surface area contributed by atoms with E-state index in [1.165, 1.54) is 51.4 Å². The summed E-state index contributed by atoms with van der Waals surface area (Å²) in [5.74, 6) is 5.98. The van der Waals surface area contributed by atoms with Crippen molar-refractivity contribution in [1.29, 1.82) is 0 Å². The van der Waals surface area contributed by atoms with Crippen LogP contribution >= 0.6 is 11.5 Å². The second kappa shape index (κ2) is 3.67. The summed E-state index contributed by atoms with van der Waals surface area (Å²) in [6, 6.07) is 0. The van der Waals surface area contributed by atoms with E-state index in [2.05, 4.69) is 0 Å². The molecule has 4 saturated carbocycles. The molecule has 4 rings (SSSR count). The molecular formula is C14H22BCl. The molecule has 0 unspecified atom stereocenters. The standard InChI is InChI=1S/C14H22BCl/c16-15(13-7-9-1-3-11(13)5-9)14-8-10-2-4-12(14)6-10/h9-14H,1-8H2/t9-,10-,11+,12+,13+,14+/m0/s1. The molecule has 0 aromatic heterocycles. The Morgan fingerprint density at radius 2 is 1.19 bits per heavy atom. The zero-order valence-corrected chi connectivity index (χ0v) is 10.8. The lowest BCUT2D eigenvalue weighted by molar-refractivity contribution is 0.443. The van der Waals surface area contributed by atoms with Crippen LogP contribution in [0.3, 0.4) is 0 Å². The number of hydrogen-bond donors (Lipinski definition) is 0. The summed E-state index contributed by atoms with van der Waals surface area (Å²) in [5, 5.41) is 0. The molecule has 0 nitrogen and oxygen atoms in total. The van der Waals surface area contributed by atoms with E-state index < -0.39 is 0 Å². The summed E-state index contributed by atoms with van der Waals surface area (Å²) in [4.78, 5) is 0. The second-order valence-electron chi connectivity index (χ2n) is 7.12. The van der Waals surface area contributed by atoms with Gasteiger partial charge in [-0.1, -0.05) is 38.5 Å². The molecule has 0 aliphatic heterocycles. The van der Waals surface area contributed by atoms with Gasteiger partial charge in [0.15, 0.2) is 0 Å². The van der Waals surface area contributed by atoms with E-state index in [1.54, 1.807) is 0 Å². The van der Waals surface area contributed by atoms with Crippen LogP contribution in [0.15, 0.2) is 0 Å². The van der Waals surface area contributed by atoms with Gasteiger partial charge >= 0.3 is 0 Å². The fourth-order valence-corrected chi connectivity index (χ4v) is 6.30. The topological polar surface area (TPSA) is 0 Å². The van der Waals surface area contributed by atoms with Gasteiger partial charge in [0, 0.05) is 0 Å². The van der Waals surface area contributed by atoms with Crippen molar-refractivity contribution < 1.29 is 0 Å². The Balaban J connectivity index is 1.48. The van der Waals surface area contributed by atoms with Crippen LogP contribution < -0.4 is 0 Å². The maximum atomic E-state index is 6.88. The van der Waals surface area contributed by atoms with E-state index in [-0.39, 0.29) is 0 Å². The summed E-state index contributed by atoms with van der Waals surface area (Å²) in [5.41, 5.74) is 0. The zero-order valence-electron chi connectivity index (χ0n) is 10.1. The average Bonchev–Trinajstić information content (AvgIpc) is 3.06. The Bertz CT molecular complexity index is 264. The molecular weight excluding hydrogens is 214 g/mol. The number of rotatable bonds is 2. The normalized spacial score (nSPS) is 53.8. The quantitative estimate of drug-likeness (QED) is 0.615. The molecule has 4 aliphatic carbocycles. The fourth-order valence-electron chi connectivity index (χ4n) is 5.69. The molecule has 2 heteroatoms. The van der Waals surface area contributed by atoms with Crippen molar-refractivity contribution >= 4 is 17.6 Å². The Morgan fingerprint density at radius 1 is 0.688 bits per heavy atom. The van der Waals surface area contributed by atoms with Gasteiger partial charge in [0.25, 0.3) is 6.13 Å². The first-order valence-electron chi connectivity index (χ1n) is 7.45. The molecule has 88 valence electrons. The number of fused-ring (bicyclic) bond motifs is 4. The van der Waals surface area contributed by atoms with Gasteiger partial charge in [-0.05, 0) is 48.1 Å². The largest absolute Gasteiger partial charge is 0.257 e. The Hall–Kier alpha value is 0.355. The Morgan fingerprint density at radius 3 is 1.50 bits per heavy atom. The minimum absolute atomic E-state index is 0.547. The zero-order chi connectivity index (χ0) is 10.7. The van der Waals surface area contributed by atoms with E-state index in [0.29, 0.717) is 6.13 Å². The summed E-state index contributed by atoms with van der Waals surface area (Å²) in [6.45, 7) is 0. The minimum atomic E-state index is 0.547. The van der Waals surface area contributed by atoms with Gasteiger partial charge < -0.3 is 0 Å². The smallest absolute Gasteiger partial charge is 0.195 e. The molecule has 0 saturated heterocycles. The molecule has 0 spiro atoms. The van der Waals surface area contributed by atoms with Gasteiger partial charge in [0.05, 0.1) is 0 Å². The number of hydrogen-bond acceptors (Lipinski definition) is 0. The SMILES string of the molecule is ClB([C@@H]1C[C@H]2CC[C@@H]1C2)[C@@H]1C[C@H]2CC[C@@H]1C2. The fraction of sp³-hybridized carbons (Fsp3) is 1.00. The van der Waals surface area contributed by atoms with Crippen molar-refractivity contribution in [2.24, 2.45) is 23.7 Å². The van der Waals surface area contributed by atoms with E-state index >= 15 is 0 Å². The minimum Gasteiger partial charge on any atom is -0.195 e. The lowest BCUT2D eigenvalue weighted by atomic mass is 9.46.